The number of methoxy groups -OCH3 is 1. The summed E-state index contributed by atoms with van der Waals surface area (Å²) in [4.78, 5) is 11.4. The first-order chi connectivity index (χ1) is 14.8. The minimum Gasteiger partial charge on any atom is -0.493 e. The van der Waals surface area contributed by atoms with E-state index in [2.05, 4.69) is 21.2 Å². The first-order valence-electron chi connectivity index (χ1n) is 9.30. The van der Waals surface area contributed by atoms with E-state index in [0.29, 0.717) is 33.7 Å². The van der Waals surface area contributed by atoms with Gasteiger partial charge in [0.25, 0.3) is 0 Å². The van der Waals surface area contributed by atoms with E-state index in [1.54, 1.807) is 38.3 Å². The molecule has 162 valence electrons. The zero-order valence-electron chi connectivity index (χ0n) is 16.8. The molecule has 0 aliphatic rings. The van der Waals surface area contributed by atoms with Gasteiger partial charge in [0.05, 0.1) is 12.7 Å². The summed E-state index contributed by atoms with van der Waals surface area (Å²) in [5, 5.41) is 13.7. The molecule has 31 heavy (non-hydrogen) atoms. The van der Waals surface area contributed by atoms with Crippen molar-refractivity contribution < 1.29 is 19.4 Å². The fourth-order valence-corrected chi connectivity index (χ4v) is 4.01. The van der Waals surface area contributed by atoms with Gasteiger partial charge in [-0.3, -0.25) is 0 Å². The highest BCUT2D eigenvalue weighted by molar-refractivity contribution is 9.10. The Kier molecular flexibility index (Phi) is 7.70. The number of carboxylic acids is 1. The van der Waals surface area contributed by atoms with Crippen molar-refractivity contribution in [3.8, 4) is 11.5 Å². The van der Waals surface area contributed by atoms with Gasteiger partial charge in [0, 0.05) is 37.9 Å². The van der Waals surface area contributed by atoms with E-state index >= 15 is 0 Å². The van der Waals surface area contributed by atoms with Crippen molar-refractivity contribution in [1.29, 1.82) is 0 Å². The molecule has 0 atom stereocenters. The summed E-state index contributed by atoms with van der Waals surface area (Å²) in [6.07, 6.45) is 0. The summed E-state index contributed by atoms with van der Waals surface area (Å²) in [6, 6.07) is 14.0. The van der Waals surface area contributed by atoms with E-state index in [1.807, 2.05) is 24.3 Å². The maximum absolute atomic E-state index is 11.4. The molecular weight excluding hydrogens is 505 g/mol. The van der Waals surface area contributed by atoms with Crippen molar-refractivity contribution in [3.05, 3.63) is 85.3 Å². The molecular formula is C23H20BrCl2NO4. The number of halogens is 3. The van der Waals surface area contributed by atoms with Crippen molar-refractivity contribution >= 4 is 50.8 Å². The van der Waals surface area contributed by atoms with Gasteiger partial charge in [0.15, 0.2) is 11.5 Å². The number of nitrogens with one attached hydrogen (secondary N) is 1. The van der Waals surface area contributed by atoms with E-state index in [9.17, 15) is 9.90 Å². The molecule has 0 saturated carbocycles. The number of aromatic carboxylic acids is 1. The van der Waals surface area contributed by atoms with Gasteiger partial charge in [0.1, 0.15) is 6.61 Å². The van der Waals surface area contributed by atoms with Crippen LogP contribution in [0.1, 0.15) is 27.0 Å². The number of anilines is 1. The molecule has 0 heterocycles. The van der Waals surface area contributed by atoms with Crippen molar-refractivity contribution in [1.82, 2.24) is 0 Å². The van der Waals surface area contributed by atoms with Crippen LogP contribution in [0.15, 0.2) is 53.0 Å². The lowest BCUT2D eigenvalue weighted by Gasteiger charge is -2.19. The largest absolute Gasteiger partial charge is 0.493 e. The quantitative estimate of drug-likeness (QED) is 0.333. The maximum atomic E-state index is 11.4. The molecule has 0 saturated heterocycles. The summed E-state index contributed by atoms with van der Waals surface area (Å²) < 4.78 is 12.4. The van der Waals surface area contributed by atoms with Crippen LogP contribution in [-0.2, 0) is 13.2 Å². The second-order valence-corrected chi connectivity index (χ2v) is 8.42. The van der Waals surface area contributed by atoms with Crippen LogP contribution in [0.25, 0.3) is 0 Å². The summed E-state index contributed by atoms with van der Waals surface area (Å²) in [5.74, 6) is 0.163. The summed E-state index contributed by atoms with van der Waals surface area (Å²) in [5.41, 5.74) is 3.25. The first kappa shape index (κ1) is 23.3. The molecule has 0 radical (unpaired) electrons. The van der Waals surface area contributed by atoms with E-state index in [4.69, 9.17) is 32.7 Å². The Morgan fingerprint density at radius 1 is 1.16 bits per heavy atom. The van der Waals surface area contributed by atoms with Crippen LogP contribution in [0, 0.1) is 6.92 Å². The van der Waals surface area contributed by atoms with Gasteiger partial charge in [-0.2, -0.15) is 0 Å². The van der Waals surface area contributed by atoms with Gasteiger partial charge in [-0.25, -0.2) is 4.79 Å². The van der Waals surface area contributed by atoms with Crippen LogP contribution in [0.2, 0.25) is 10.0 Å². The van der Waals surface area contributed by atoms with Gasteiger partial charge in [-0.05, 0) is 48.9 Å². The molecule has 0 unspecified atom stereocenters. The Morgan fingerprint density at radius 2 is 1.94 bits per heavy atom. The number of rotatable bonds is 8. The maximum Gasteiger partial charge on any atom is 0.336 e. The molecule has 3 aromatic carbocycles. The molecule has 0 spiro atoms. The molecule has 3 rings (SSSR count). The van der Waals surface area contributed by atoms with E-state index in [0.717, 1.165) is 21.3 Å². The normalized spacial score (nSPS) is 10.6. The second-order valence-electron chi connectivity index (χ2n) is 6.72. The molecule has 2 N–H and O–H groups in total. The summed E-state index contributed by atoms with van der Waals surface area (Å²) in [6.45, 7) is 2.38. The molecule has 5 nitrogen and oxygen atoms in total. The number of hydrogen-bond acceptors (Lipinski definition) is 4. The van der Waals surface area contributed by atoms with Gasteiger partial charge in [0.2, 0.25) is 0 Å². The molecule has 0 aromatic heterocycles. The summed E-state index contributed by atoms with van der Waals surface area (Å²) >= 11 is 15.8. The molecule has 3 aromatic rings. The highest BCUT2D eigenvalue weighted by Gasteiger charge is 2.17. The molecule has 0 fully saturated rings. The third-order valence-electron chi connectivity index (χ3n) is 4.79. The fourth-order valence-electron chi connectivity index (χ4n) is 3.10. The lowest BCUT2D eigenvalue weighted by Crippen LogP contribution is -2.08. The molecule has 0 bridgehead atoms. The average Bonchev–Trinajstić information content (AvgIpc) is 2.73. The van der Waals surface area contributed by atoms with E-state index in [1.165, 1.54) is 0 Å². The first-order valence-corrected chi connectivity index (χ1v) is 10.9. The predicted octanol–water partition coefficient (Wildman–Crippen LogP) is 6.96. The van der Waals surface area contributed by atoms with Crippen LogP contribution in [0.4, 0.5) is 5.69 Å². The Balaban J connectivity index is 1.88. The smallest absolute Gasteiger partial charge is 0.336 e. The highest BCUT2D eigenvalue weighted by atomic mass is 79.9. The van der Waals surface area contributed by atoms with Crippen molar-refractivity contribution in [3.63, 3.8) is 0 Å². The third kappa shape index (κ3) is 5.45. The molecule has 0 amide bonds. The fraction of sp³-hybridized carbons (Fsp3) is 0.174. The van der Waals surface area contributed by atoms with Crippen LogP contribution < -0.4 is 14.8 Å². The number of benzene rings is 3. The van der Waals surface area contributed by atoms with Crippen molar-refractivity contribution in [2.75, 3.05) is 12.4 Å². The van der Waals surface area contributed by atoms with Crippen LogP contribution in [0.5, 0.6) is 11.5 Å². The SMILES string of the molecule is COc1ccc(Br)c(CNc2cccc(C(=O)O)c2C)c1OCc1ccc(Cl)cc1Cl. The van der Waals surface area contributed by atoms with Crippen molar-refractivity contribution in [2.24, 2.45) is 0 Å². The zero-order chi connectivity index (χ0) is 22.5. The predicted molar refractivity (Wildman–Crippen MR) is 127 cm³/mol. The second kappa shape index (κ2) is 10.3. The van der Waals surface area contributed by atoms with Gasteiger partial charge in [-0.1, -0.05) is 51.3 Å². The Morgan fingerprint density at radius 3 is 2.61 bits per heavy atom. The van der Waals surface area contributed by atoms with Gasteiger partial charge in [-0.15, -0.1) is 0 Å². The Hall–Kier alpha value is -2.41. The monoisotopic (exact) mass is 523 g/mol. The van der Waals surface area contributed by atoms with Crippen LogP contribution in [0.3, 0.4) is 0 Å². The minimum absolute atomic E-state index is 0.226. The van der Waals surface area contributed by atoms with E-state index in [-0.39, 0.29) is 12.2 Å². The zero-order valence-corrected chi connectivity index (χ0v) is 19.9. The number of carbonyl (C=O) groups is 1. The van der Waals surface area contributed by atoms with Crippen LogP contribution in [-0.4, -0.2) is 18.2 Å². The molecule has 0 aliphatic heterocycles. The Bertz CT molecular complexity index is 1120. The Labute approximate surface area is 199 Å². The topological polar surface area (TPSA) is 67.8 Å². The lowest BCUT2D eigenvalue weighted by atomic mass is 10.1. The van der Waals surface area contributed by atoms with Gasteiger partial charge >= 0.3 is 5.97 Å². The lowest BCUT2D eigenvalue weighted by molar-refractivity contribution is 0.0696. The number of carboxylic acid groups (broad SMARTS) is 1. The van der Waals surface area contributed by atoms with Crippen LogP contribution >= 0.6 is 39.1 Å². The van der Waals surface area contributed by atoms with E-state index < -0.39 is 5.97 Å². The third-order valence-corrected chi connectivity index (χ3v) is 6.12. The number of hydrogen-bond donors (Lipinski definition) is 2. The standard InChI is InChI=1S/C23H20BrCl2NO4/c1-13-16(23(28)29)4-3-5-20(13)27-11-17-18(24)8-9-21(30-2)22(17)31-12-14-6-7-15(25)10-19(14)26/h3-10,27H,11-12H2,1-2H3,(H,28,29). The molecule has 0 aliphatic carbocycles. The number of ether oxygens (including phenoxy) is 2. The molecule has 8 heteroatoms. The minimum atomic E-state index is -0.965. The average molecular weight is 525 g/mol. The van der Waals surface area contributed by atoms with Gasteiger partial charge < -0.3 is 19.9 Å². The highest BCUT2D eigenvalue weighted by Crippen LogP contribution is 2.38. The summed E-state index contributed by atoms with van der Waals surface area (Å²) in [7, 11) is 1.57. The van der Waals surface area contributed by atoms with Crippen molar-refractivity contribution in [2.45, 2.75) is 20.1 Å².